The Labute approximate surface area is 168 Å². The van der Waals surface area contributed by atoms with Crippen molar-refractivity contribution in [2.75, 3.05) is 16.3 Å². The van der Waals surface area contributed by atoms with Crippen molar-refractivity contribution in [2.24, 2.45) is 0 Å². The number of carbonyl (C=O) groups is 1. The van der Waals surface area contributed by atoms with Gasteiger partial charge in [0.05, 0.1) is 23.7 Å². The van der Waals surface area contributed by atoms with Gasteiger partial charge in [-0.05, 0) is 42.5 Å². The third kappa shape index (κ3) is 5.20. The van der Waals surface area contributed by atoms with Crippen LogP contribution in [0.4, 0.5) is 15.8 Å². The van der Waals surface area contributed by atoms with Gasteiger partial charge >= 0.3 is 0 Å². The molecule has 29 heavy (non-hydrogen) atoms. The third-order valence-electron chi connectivity index (χ3n) is 4.00. The van der Waals surface area contributed by atoms with Crippen molar-refractivity contribution in [3.05, 3.63) is 65.8 Å². The van der Waals surface area contributed by atoms with E-state index in [1.165, 1.54) is 6.07 Å². The van der Waals surface area contributed by atoms with Gasteiger partial charge in [0.15, 0.2) is 0 Å². The number of oxazole rings is 1. The summed E-state index contributed by atoms with van der Waals surface area (Å²) in [4.78, 5) is 16.8. The van der Waals surface area contributed by atoms with Gasteiger partial charge in [-0.15, -0.1) is 0 Å². The van der Waals surface area contributed by atoms with Gasteiger partial charge in [-0.1, -0.05) is 13.8 Å². The molecule has 1 heterocycles. The molecule has 3 rings (SSSR count). The lowest BCUT2D eigenvalue weighted by atomic mass is 10.1. The lowest BCUT2D eigenvalue weighted by Crippen LogP contribution is -2.17. The van der Waals surface area contributed by atoms with Crippen LogP contribution in [0.15, 0.2) is 53.1 Å². The molecule has 0 fully saturated rings. The van der Waals surface area contributed by atoms with Gasteiger partial charge in [-0.2, -0.15) is 0 Å². The molecule has 1 amide bonds. The fourth-order valence-electron chi connectivity index (χ4n) is 2.57. The molecule has 0 atom stereocenters. The van der Waals surface area contributed by atoms with E-state index in [-0.39, 0.29) is 17.2 Å². The Morgan fingerprint density at radius 1 is 1.14 bits per heavy atom. The van der Waals surface area contributed by atoms with E-state index in [1.807, 2.05) is 13.8 Å². The number of hydrogen-bond acceptors (Lipinski definition) is 5. The standard InChI is InChI=1S/C20H20FN3O4S/c1-12(2)18-11-22-20(28-18)13-4-7-15(8-5-13)23-19(25)16-10-14(21)6-9-17(16)24-29(3,26)27/h4-12,24H,1-3H3,(H,23,25). The second-order valence-electron chi connectivity index (χ2n) is 6.82. The van der Waals surface area contributed by atoms with Crippen molar-refractivity contribution in [1.82, 2.24) is 4.98 Å². The van der Waals surface area contributed by atoms with Gasteiger partial charge in [0.2, 0.25) is 15.9 Å². The average molecular weight is 417 g/mol. The van der Waals surface area contributed by atoms with E-state index in [2.05, 4.69) is 15.0 Å². The molecule has 0 saturated carbocycles. The highest BCUT2D eigenvalue weighted by atomic mass is 32.2. The van der Waals surface area contributed by atoms with Crippen molar-refractivity contribution < 1.29 is 22.0 Å². The Morgan fingerprint density at radius 2 is 1.83 bits per heavy atom. The summed E-state index contributed by atoms with van der Waals surface area (Å²) >= 11 is 0. The van der Waals surface area contributed by atoms with Crippen LogP contribution < -0.4 is 10.0 Å². The molecule has 0 unspecified atom stereocenters. The number of carbonyl (C=O) groups excluding carboxylic acids is 1. The number of rotatable bonds is 6. The molecule has 0 bridgehead atoms. The molecular weight excluding hydrogens is 397 g/mol. The van der Waals surface area contributed by atoms with Gasteiger partial charge in [-0.25, -0.2) is 17.8 Å². The van der Waals surface area contributed by atoms with E-state index in [9.17, 15) is 17.6 Å². The van der Waals surface area contributed by atoms with E-state index in [0.717, 1.165) is 29.7 Å². The number of sulfonamides is 1. The maximum absolute atomic E-state index is 13.6. The number of nitrogens with one attached hydrogen (secondary N) is 2. The van der Waals surface area contributed by atoms with E-state index < -0.39 is 21.7 Å². The van der Waals surface area contributed by atoms with Crippen LogP contribution in [0.25, 0.3) is 11.5 Å². The highest BCUT2D eigenvalue weighted by Crippen LogP contribution is 2.25. The predicted molar refractivity (Wildman–Crippen MR) is 109 cm³/mol. The Hall–Kier alpha value is -3.20. The Morgan fingerprint density at radius 3 is 2.41 bits per heavy atom. The molecule has 2 aromatic carbocycles. The molecule has 0 radical (unpaired) electrons. The summed E-state index contributed by atoms with van der Waals surface area (Å²) < 4.78 is 44.5. The minimum absolute atomic E-state index is 0.0102. The largest absolute Gasteiger partial charge is 0.441 e. The van der Waals surface area contributed by atoms with Crippen LogP contribution in [0.3, 0.4) is 0 Å². The van der Waals surface area contributed by atoms with Crippen molar-refractivity contribution >= 4 is 27.3 Å². The van der Waals surface area contributed by atoms with E-state index in [4.69, 9.17) is 4.42 Å². The van der Waals surface area contributed by atoms with E-state index >= 15 is 0 Å². The monoisotopic (exact) mass is 417 g/mol. The lowest BCUT2D eigenvalue weighted by Gasteiger charge is -2.11. The zero-order valence-electron chi connectivity index (χ0n) is 16.1. The van der Waals surface area contributed by atoms with Crippen LogP contribution in [0, 0.1) is 5.82 Å². The first-order chi connectivity index (χ1) is 13.6. The summed E-state index contributed by atoms with van der Waals surface area (Å²) in [6.45, 7) is 4.00. The molecule has 7 nitrogen and oxygen atoms in total. The van der Waals surface area contributed by atoms with E-state index in [1.54, 1.807) is 30.5 Å². The summed E-state index contributed by atoms with van der Waals surface area (Å²) in [5.41, 5.74) is 1.04. The normalized spacial score (nSPS) is 11.5. The SMILES string of the molecule is CC(C)c1cnc(-c2ccc(NC(=O)c3cc(F)ccc3NS(C)(=O)=O)cc2)o1. The number of benzene rings is 2. The van der Waals surface area contributed by atoms with Gasteiger partial charge in [0.1, 0.15) is 11.6 Å². The molecule has 3 aromatic rings. The molecule has 0 aliphatic carbocycles. The van der Waals surface area contributed by atoms with Crippen molar-refractivity contribution in [3.63, 3.8) is 0 Å². The minimum atomic E-state index is -3.63. The Balaban J connectivity index is 1.80. The fourth-order valence-corrected chi connectivity index (χ4v) is 3.15. The van der Waals surface area contributed by atoms with Gasteiger partial charge in [0, 0.05) is 17.2 Å². The fraction of sp³-hybridized carbons (Fsp3) is 0.200. The molecular formula is C20H20FN3O4S. The van der Waals surface area contributed by atoms with Crippen molar-refractivity contribution in [2.45, 2.75) is 19.8 Å². The zero-order chi connectivity index (χ0) is 21.2. The highest BCUT2D eigenvalue weighted by Gasteiger charge is 2.16. The second kappa shape index (κ2) is 8.04. The summed E-state index contributed by atoms with van der Waals surface area (Å²) in [6, 6.07) is 9.99. The number of halogens is 1. The van der Waals surface area contributed by atoms with Gasteiger partial charge < -0.3 is 9.73 Å². The molecule has 0 aliphatic rings. The minimum Gasteiger partial charge on any atom is -0.441 e. The Kier molecular flexibility index (Phi) is 5.69. The molecule has 1 aromatic heterocycles. The molecule has 0 spiro atoms. The first-order valence-electron chi connectivity index (χ1n) is 8.77. The van der Waals surface area contributed by atoms with Gasteiger partial charge in [0.25, 0.3) is 5.91 Å². The Bertz CT molecular complexity index is 1140. The van der Waals surface area contributed by atoms with Crippen LogP contribution in [0.2, 0.25) is 0 Å². The summed E-state index contributed by atoms with van der Waals surface area (Å²) in [5, 5.41) is 2.62. The zero-order valence-corrected chi connectivity index (χ0v) is 16.9. The van der Waals surface area contributed by atoms with Crippen LogP contribution in [0.1, 0.15) is 35.9 Å². The molecule has 9 heteroatoms. The number of anilines is 2. The topological polar surface area (TPSA) is 101 Å². The van der Waals surface area contributed by atoms with Crippen molar-refractivity contribution in [3.8, 4) is 11.5 Å². The summed E-state index contributed by atoms with van der Waals surface area (Å²) in [5.74, 6) is 0.151. The van der Waals surface area contributed by atoms with E-state index in [0.29, 0.717) is 11.6 Å². The first-order valence-corrected chi connectivity index (χ1v) is 10.7. The van der Waals surface area contributed by atoms with Gasteiger partial charge in [-0.3, -0.25) is 9.52 Å². The lowest BCUT2D eigenvalue weighted by molar-refractivity contribution is 0.102. The van der Waals surface area contributed by atoms with Crippen LogP contribution in [-0.2, 0) is 10.0 Å². The smallest absolute Gasteiger partial charge is 0.257 e. The quantitative estimate of drug-likeness (QED) is 0.625. The summed E-state index contributed by atoms with van der Waals surface area (Å²) in [6.07, 6.45) is 2.63. The molecule has 152 valence electrons. The van der Waals surface area contributed by atoms with Crippen LogP contribution in [-0.4, -0.2) is 25.6 Å². The third-order valence-corrected chi connectivity index (χ3v) is 4.59. The second-order valence-corrected chi connectivity index (χ2v) is 8.57. The number of amides is 1. The molecule has 0 saturated heterocycles. The van der Waals surface area contributed by atoms with Crippen LogP contribution >= 0.6 is 0 Å². The predicted octanol–water partition coefficient (Wildman–Crippen LogP) is 4.23. The maximum Gasteiger partial charge on any atom is 0.257 e. The number of aromatic nitrogens is 1. The maximum atomic E-state index is 13.6. The number of nitrogens with zero attached hydrogens (tertiary/aromatic N) is 1. The average Bonchev–Trinajstić information content (AvgIpc) is 3.13. The highest BCUT2D eigenvalue weighted by molar-refractivity contribution is 7.92. The van der Waals surface area contributed by atoms with Crippen molar-refractivity contribution in [1.29, 1.82) is 0 Å². The first kappa shape index (κ1) is 20.5. The molecule has 0 aliphatic heterocycles. The molecule has 2 N–H and O–H groups in total. The number of hydrogen-bond donors (Lipinski definition) is 2. The van der Waals surface area contributed by atoms with Crippen LogP contribution in [0.5, 0.6) is 0 Å². The summed E-state index contributed by atoms with van der Waals surface area (Å²) in [7, 11) is -3.63.